The Labute approximate surface area is 137 Å². The SMILES string of the molecule is FC1CCN(C2CNC2)CC1.O=C(O)C(F)(F)F.O=C(O)C(F)(F)F. The Morgan fingerprint density at radius 3 is 1.40 bits per heavy atom. The summed E-state index contributed by atoms with van der Waals surface area (Å²) in [5.74, 6) is -5.51. The molecule has 0 bridgehead atoms. The smallest absolute Gasteiger partial charge is 0.475 e. The number of carboxylic acid groups (broad SMARTS) is 2. The third kappa shape index (κ3) is 10.1. The number of rotatable bonds is 1. The number of hydrogen-bond donors (Lipinski definition) is 3. The highest BCUT2D eigenvalue weighted by Crippen LogP contribution is 2.17. The van der Waals surface area contributed by atoms with Gasteiger partial charge in [0.15, 0.2) is 0 Å². The first-order chi connectivity index (χ1) is 11.2. The molecule has 0 aromatic heterocycles. The van der Waals surface area contributed by atoms with Gasteiger partial charge < -0.3 is 15.5 Å². The average molecular weight is 386 g/mol. The zero-order valence-electron chi connectivity index (χ0n) is 12.7. The second-order valence-corrected chi connectivity index (χ2v) is 5.13. The van der Waals surface area contributed by atoms with Gasteiger partial charge in [-0.25, -0.2) is 14.0 Å². The molecular formula is C12H17F7N2O4. The van der Waals surface area contributed by atoms with Gasteiger partial charge in [-0.05, 0) is 12.8 Å². The molecule has 2 saturated heterocycles. The van der Waals surface area contributed by atoms with Crippen molar-refractivity contribution in [2.75, 3.05) is 26.2 Å². The van der Waals surface area contributed by atoms with Gasteiger partial charge in [0.25, 0.3) is 0 Å². The van der Waals surface area contributed by atoms with Crippen molar-refractivity contribution in [3.8, 4) is 0 Å². The summed E-state index contributed by atoms with van der Waals surface area (Å²) in [7, 11) is 0. The van der Waals surface area contributed by atoms with Crippen molar-refractivity contribution in [1.29, 1.82) is 0 Å². The highest BCUT2D eigenvalue weighted by atomic mass is 19.4. The molecule has 0 atom stereocenters. The second kappa shape index (κ2) is 9.75. The largest absolute Gasteiger partial charge is 0.490 e. The Kier molecular flexibility index (Phi) is 9.11. The second-order valence-electron chi connectivity index (χ2n) is 5.13. The minimum atomic E-state index is -5.08. The Bertz CT molecular complexity index is 406. The third-order valence-electron chi connectivity index (χ3n) is 3.22. The van der Waals surface area contributed by atoms with Gasteiger partial charge in [-0.1, -0.05) is 0 Å². The van der Waals surface area contributed by atoms with Crippen LogP contribution in [-0.4, -0.2) is 77.8 Å². The summed E-state index contributed by atoms with van der Waals surface area (Å²) in [6.07, 6.45) is -9.20. The van der Waals surface area contributed by atoms with Crippen molar-refractivity contribution in [3.63, 3.8) is 0 Å². The van der Waals surface area contributed by atoms with Crippen LogP contribution in [0, 0.1) is 0 Å². The van der Waals surface area contributed by atoms with Crippen LogP contribution < -0.4 is 5.32 Å². The van der Waals surface area contributed by atoms with Gasteiger partial charge in [0, 0.05) is 32.2 Å². The van der Waals surface area contributed by atoms with Crippen LogP contribution in [-0.2, 0) is 9.59 Å². The molecule has 2 aliphatic rings. The van der Waals surface area contributed by atoms with Crippen LogP contribution in [0.25, 0.3) is 0 Å². The first-order valence-corrected chi connectivity index (χ1v) is 6.94. The van der Waals surface area contributed by atoms with Gasteiger partial charge >= 0.3 is 24.3 Å². The van der Waals surface area contributed by atoms with Crippen molar-refractivity contribution in [2.24, 2.45) is 0 Å². The van der Waals surface area contributed by atoms with Crippen LogP contribution in [0.3, 0.4) is 0 Å². The maximum atomic E-state index is 12.7. The predicted octanol–water partition coefficient (Wildman–Crippen LogP) is 1.66. The monoisotopic (exact) mass is 386 g/mol. The number of carboxylic acids is 2. The fourth-order valence-electron chi connectivity index (χ4n) is 1.76. The molecule has 2 fully saturated rings. The Hall–Kier alpha value is -1.63. The van der Waals surface area contributed by atoms with E-state index >= 15 is 0 Å². The fourth-order valence-corrected chi connectivity index (χ4v) is 1.76. The molecule has 3 N–H and O–H groups in total. The van der Waals surface area contributed by atoms with Crippen molar-refractivity contribution in [1.82, 2.24) is 10.2 Å². The molecule has 13 heteroatoms. The van der Waals surface area contributed by atoms with Gasteiger partial charge in [-0.3, -0.25) is 4.90 Å². The first-order valence-electron chi connectivity index (χ1n) is 6.94. The van der Waals surface area contributed by atoms with E-state index in [1.54, 1.807) is 0 Å². The molecule has 0 aromatic carbocycles. The molecule has 0 unspecified atom stereocenters. The summed E-state index contributed by atoms with van der Waals surface area (Å²) >= 11 is 0. The van der Waals surface area contributed by atoms with E-state index in [-0.39, 0.29) is 0 Å². The minimum absolute atomic E-state index is 0.528. The number of carbonyl (C=O) groups is 2. The van der Waals surface area contributed by atoms with Gasteiger partial charge in [-0.15, -0.1) is 0 Å². The van der Waals surface area contributed by atoms with Gasteiger partial charge in [0.1, 0.15) is 6.17 Å². The normalized spacial score (nSPS) is 19.6. The summed E-state index contributed by atoms with van der Waals surface area (Å²) < 4.78 is 76.2. The van der Waals surface area contributed by atoms with Crippen molar-refractivity contribution >= 4 is 11.9 Å². The van der Waals surface area contributed by atoms with Crippen molar-refractivity contribution in [2.45, 2.75) is 37.4 Å². The fraction of sp³-hybridized carbons (Fsp3) is 0.833. The topological polar surface area (TPSA) is 89.9 Å². The summed E-state index contributed by atoms with van der Waals surface area (Å²) in [4.78, 5) is 20.2. The predicted molar refractivity (Wildman–Crippen MR) is 69.7 cm³/mol. The highest BCUT2D eigenvalue weighted by Gasteiger charge is 2.38. The lowest BCUT2D eigenvalue weighted by atomic mass is 10.0. The number of alkyl halides is 7. The quantitative estimate of drug-likeness (QED) is 0.594. The zero-order valence-corrected chi connectivity index (χ0v) is 12.7. The number of nitrogens with zero attached hydrogens (tertiary/aromatic N) is 1. The van der Waals surface area contributed by atoms with Gasteiger partial charge in [-0.2, -0.15) is 26.3 Å². The third-order valence-corrected chi connectivity index (χ3v) is 3.22. The molecule has 2 heterocycles. The molecule has 0 radical (unpaired) electrons. The number of halogens is 7. The Morgan fingerprint density at radius 1 is 0.880 bits per heavy atom. The van der Waals surface area contributed by atoms with Crippen molar-refractivity contribution < 1.29 is 50.5 Å². The van der Waals surface area contributed by atoms with E-state index in [9.17, 15) is 30.7 Å². The number of likely N-dealkylation sites (tertiary alicyclic amines) is 1. The van der Waals surface area contributed by atoms with Gasteiger partial charge in [0.2, 0.25) is 0 Å². The van der Waals surface area contributed by atoms with Crippen LogP contribution in [0.4, 0.5) is 30.7 Å². The minimum Gasteiger partial charge on any atom is -0.475 e. The number of aliphatic carboxylic acids is 2. The number of piperidine rings is 1. The Balaban J connectivity index is 0.000000366. The summed E-state index contributed by atoms with van der Waals surface area (Å²) in [6.45, 7) is 4.15. The summed E-state index contributed by atoms with van der Waals surface area (Å²) in [5, 5.41) is 17.5. The van der Waals surface area contributed by atoms with E-state index in [4.69, 9.17) is 19.8 Å². The van der Waals surface area contributed by atoms with E-state index in [1.165, 1.54) is 0 Å². The standard InChI is InChI=1S/C8H15FN2.2C2HF3O2/c9-7-1-3-11(4-2-7)8-5-10-6-8;2*3-2(4,5)1(6)7/h7-8,10H,1-6H2;2*(H,6,7). The number of nitrogens with one attached hydrogen (secondary N) is 1. The lowest BCUT2D eigenvalue weighted by Crippen LogP contribution is -2.58. The van der Waals surface area contributed by atoms with Crippen LogP contribution >= 0.6 is 0 Å². The molecule has 0 aromatic rings. The van der Waals surface area contributed by atoms with Crippen LogP contribution in [0.5, 0.6) is 0 Å². The van der Waals surface area contributed by atoms with Gasteiger partial charge in [0.05, 0.1) is 0 Å². The van der Waals surface area contributed by atoms with Crippen LogP contribution in [0.1, 0.15) is 12.8 Å². The number of hydrogen-bond acceptors (Lipinski definition) is 4. The molecule has 0 saturated carbocycles. The lowest BCUT2D eigenvalue weighted by Gasteiger charge is -2.40. The molecule has 148 valence electrons. The van der Waals surface area contributed by atoms with Crippen LogP contribution in [0.15, 0.2) is 0 Å². The first kappa shape index (κ1) is 23.4. The maximum Gasteiger partial charge on any atom is 0.490 e. The van der Waals surface area contributed by atoms with Crippen molar-refractivity contribution in [3.05, 3.63) is 0 Å². The summed E-state index contributed by atoms with van der Waals surface area (Å²) in [5.41, 5.74) is 0. The molecule has 25 heavy (non-hydrogen) atoms. The highest BCUT2D eigenvalue weighted by molar-refractivity contribution is 5.73. The van der Waals surface area contributed by atoms with Crippen LogP contribution in [0.2, 0.25) is 0 Å². The molecule has 2 rings (SSSR count). The molecule has 2 aliphatic heterocycles. The molecule has 0 spiro atoms. The van der Waals surface area contributed by atoms with E-state index in [1.807, 2.05) is 0 Å². The average Bonchev–Trinajstić information content (AvgIpc) is 2.38. The lowest BCUT2D eigenvalue weighted by molar-refractivity contribution is -0.193. The Morgan fingerprint density at radius 2 is 1.20 bits per heavy atom. The maximum absolute atomic E-state index is 12.7. The van der Waals surface area contributed by atoms with E-state index < -0.39 is 30.5 Å². The summed E-state index contributed by atoms with van der Waals surface area (Å²) in [6, 6.07) is 0.711. The molecular weight excluding hydrogens is 369 g/mol. The van der Waals surface area contributed by atoms with E-state index in [0.717, 1.165) is 39.0 Å². The van der Waals surface area contributed by atoms with E-state index in [0.29, 0.717) is 6.04 Å². The molecule has 0 aliphatic carbocycles. The molecule has 0 amide bonds. The van der Waals surface area contributed by atoms with E-state index in [2.05, 4.69) is 10.2 Å². The molecule has 6 nitrogen and oxygen atoms in total. The zero-order chi connectivity index (χ0) is 19.8.